The lowest BCUT2D eigenvalue weighted by Gasteiger charge is -2.22. The minimum atomic E-state index is -1.23. The molecular formula is C20H27N5O5S. The zero-order valence-corrected chi connectivity index (χ0v) is 18.1. The number of aromatic amines is 1. The number of rotatable bonds is 10. The van der Waals surface area contributed by atoms with Crippen molar-refractivity contribution >= 4 is 47.2 Å². The largest absolute Gasteiger partial charge is 0.480 e. The van der Waals surface area contributed by atoms with Gasteiger partial charge in [-0.2, -0.15) is 12.6 Å². The third-order valence-electron chi connectivity index (χ3n) is 4.69. The third-order valence-corrected chi connectivity index (χ3v) is 5.06. The molecule has 10 nitrogen and oxygen atoms in total. The maximum atomic E-state index is 12.9. The molecule has 168 valence electrons. The summed E-state index contributed by atoms with van der Waals surface area (Å²) in [5.74, 6) is -3.13. The summed E-state index contributed by atoms with van der Waals surface area (Å²) in [5, 5.41) is 17.4. The number of aliphatic carboxylic acids is 1. The van der Waals surface area contributed by atoms with Crippen molar-refractivity contribution in [3.05, 3.63) is 36.0 Å². The number of hydrogen-bond acceptors (Lipinski definition) is 6. The number of fused-ring (bicyclic) bond motifs is 1. The van der Waals surface area contributed by atoms with Crippen molar-refractivity contribution in [3.8, 4) is 0 Å². The molecule has 0 bridgehead atoms. The Morgan fingerprint density at radius 3 is 2.29 bits per heavy atom. The van der Waals surface area contributed by atoms with Crippen LogP contribution in [0.5, 0.6) is 0 Å². The summed E-state index contributed by atoms with van der Waals surface area (Å²) in [6.45, 7) is 2.91. The highest BCUT2D eigenvalue weighted by molar-refractivity contribution is 7.80. The molecular weight excluding hydrogens is 422 g/mol. The average Bonchev–Trinajstić information content (AvgIpc) is 3.13. The first-order valence-electron chi connectivity index (χ1n) is 9.69. The van der Waals surface area contributed by atoms with Crippen LogP contribution in [0.2, 0.25) is 0 Å². The van der Waals surface area contributed by atoms with Crippen LogP contribution >= 0.6 is 12.6 Å². The summed E-state index contributed by atoms with van der Waals surface area (Å²) in [5.41, 5.74) is 7.31. The standard InChI is InChI=1S/C20H27N5O5S/c1-10(21)17(26)24-15(7-12-8-22-14-6-4-3-5-13(12)14)19(28)23-11(2)18(27)25-16(9-31)20(29)30/h3-6,8,10-11,15-16,22,31H,7,9,21H2,1-2H3,(H,23,28)(H,24,26)(H,25,27)(H,29,30). The van der Waals surface area contributed by atoms with Crippen molar-refractivity contribution in [1.82, 2.24) is 20.9 Å². The summed E-state index contributed by atoms with van der Waals surface area (Å²) in [4.78, 5) is 51.5. The van der Waals surface area contributed by atoms with Crippen LogP contribution in [0.25, 0.3) is 10.9 Å². The molecule has 4 unspecified atom stereocenters. The van der Waals surface area contributed by atoms with Crippen LogP contribution in [0.15, 0.2) is 30.5 Å². The van der Waals surface area contributed by atoms with E-state index in [1.807, 2.05) is 24.3 Å². The Bertz CT molecular complexity index is 960. The number of carboxylic acids is 1. The van der Waals surface area contributed by atoms with Gasteiger partial charge in [0.2, 0.25) is 17.7 Å². The number of carbonyl (C=O) groups is 4. The van der Waals surface area contributed by atoms with Gasteiger partial charge in [-0.3, -0.25) is 14.4 Å². The Morgan fingerprint density at radius 1 is 1.03 bits per heavy atom. The molecule has 11 heteroatoms. The highest BCUT2D eigenvalue weighted by Gasteiger charge is 2.28. The van der Waals surface area contributed by atoms with Crippen LogP contribution in [-0.4, -0.2) is 63.7 Å². The number of nitrogens with two attached hydrogens (primary N) is 1. The topological polar surface area (TPSA) is 166 Å². The van der Waals surface area contributed by atoms with Crippen molar-refractivity contribution in [1.29, 1.82) is 0 Å². The van der Waals surface area contributed by atoms with E-state index < -0.39 is 47.9 Å². The SMILES string of the molecule is CC(N)C(=O)NC(Cc1c[nH]c2ccccc12)C(=O)NC(C)C(=O)NC(CS)C(=O)O. The second kappa shape index (κ2) is 10.8. The summed E-state index contributed by atoms with van der Waals surface area (Å²) in [7, 11) is 0. The number of thiol groups is 1. The van der Waals surface area contributed by atoms with E-state index in [2.05, 4.69) is 33.6 Å². The van der Waals surface area contributed by atoms with E-state index in [1.54, 1.807) is 6.20 Å². The van der Waals surface area contributed by atoms with Gasteiger partial charge in [0.05, 0.1) is 6.04 Å². The fraction of sp³-hybridized carbons (Fsp3) is 0.400. The Balaban J connectivity index is 2.15. The van der Waals surface area contributed by atoms with Crippen molar-refractivity contribution in [2.75, 3.05) is 5.75 Å². The average molecular weight is 450 g/mol. The third kappa shape index (κ3) is 6.46. The fourth-order valence-electron chi connectivity index (χ4n) is 2.89. The van der Waals surface area contributed by atoms with Crippen molar-refractivity contribution < 1.29 is 24.3 Å². The molecule has 0 saturated heterocycles. The van der Waals surface area contributed by atoms with E-state index in [-0.39, 0.29) is 12.2 Å². The Labute approximate surface area is 184 Å². The molecule has 0 saturated carbocycles. The number of benzene rings is 1. The van der Waals surface area contributed by atoms with E-state index in [9.17, 15) is 19.2 Å². The number of para-hydroxylation sites is 1. The molecule has 0 fully saturated rings. The second-order valence-electron chi connectivity index (χ2n) is 7.23. The summed E-state index contributed by atoms with van der Waals surface area (Å²) >= 11 is 3.89. The van der Waals surface area contributed by atoms with Gasteiger partial charge < -0.3 is 31.8 Å². The molecule has 1 aromatic carbocycles. The maximum absolute atomic E-state index is 12.9. The highest BCUT2D eigenvalue weighted by atomic mass is 32.1. The van der Waals surface area contributed by atoms with Gasteiger partial charge in [0.15, 0.2) is 0 Å². The zero-order valence-electron chi connectivity index (χ0n) is 17.2. The lowest BCUT2D eigenvalue weighted by molar-refractivity contribution is -0.141. The van der Waals surface area contributed by atoms with Gasteiger partial charge in [0, 0.05) is 29.3 Å². The molecule has 0 spiro atoms. The Kier molecular flexibility index (Phi) is 8.46. The van der Waals surface area contributed by atoms with E-state index in [1.165, 1.54) is 13.8 Å². The Hall–Kier alpha value is -3.05. The van der Waals surface area contributed by atoms with Crippen LogP contribution in [-0.2, 0) is 25.6 Å². The van der Waals surface area contributed by atoms with Gasteiger partial charge in [-0.15, -0.1) is 0 Å². The fourth-order valence-corrected chi connectivity index (χ4v) is 3.14. The van der Waals surface area contributed by atoms with Crippen LogP contribution in [0.1, 0.15) is 19.4 Å². The number of aromatic nitrogens is 1. The summed E-state index contributed by atoms with van der Waals surface area (Å²) in [6, 6.07) is 3.48. The smallest absolute Gasteiger partial charge is 0.327 e. The van der Waals surface area contributed by atoms with Crippen molar-refractivity contribution in [2.45, 2.75) is 44.4 Å². The van der Waals surface area contributed by atoms with Crippen molar-refractivity contribution in [2.24, 2.45) is 5.73 Å². The molecule has 3 amide bonds. The molecule has 2 rings (SSSR count). The number of H-pyrrole nitrogens is 1. The first kappa shape index (κ1) is 24.2. The number of hydrogen-bond donors (Lipinski definition) is 7. The Morgan fingerprint density at radius 2 is 1.68 bits per heavy atom. The highest BCUT2D eigenvalue weighted by Crippen LogP contribution is 2.19. The van der Waals surface area contributed by atoms with Gasteiger partial charge in [-0.1, -0.05) is 18.2 Å². The second-order valence-corrected chi connectivity index (χ2v) is 7.59. The van der Waals surface area contributed by atoms with Crippen LogP contribution in [0.3, 0.4) is 0 Å². The van der Waals surface area contributed by atoms with E-state index >= 15 is 0 Å². The predicted molar refractivity (Wildman–Crippen MR) is 119 cm³/mol. The minimum Gasteiger partial charge on any atom is -0.480 e. The van der Waals surface area contributed by atoms with E-state index in [0.29, 0.717) is 0 Å². The number of carboxylic acid groups (broad SMARTS) is 1. The molecule has 31 heavy (non-hydrogen) atoms. The summed E-state index contributed by atoms with van der Waals surface area (Å²) < 4.78 is 0. The van der Waals surface area contributed by atoms with Gasteiger partial charge in [-0.25, -0.2) is 4.79 Å². The first-order valence-corrected chi connectivity index (χ1v) is 10.3. The number of amides is 3. The lowest BCUT2D eigenvalue weighted by Crippen LogP contribution is -2.56. The molecule has 1 aromatic heterocycles. The van der Waals surface area contributed by atoms with Crippen LogP contribution in [0, 0.1) is 0 Å². The predicted octanol–water partition coefficient (Wildman–Crippen LogP) is -0.454. The molecule has 2 aromatic rings. The normalized spacial score (nSPS) is 14.8. The molecule has 0 aliphatic carbocycles. The monoisotopic (exact) mass is 449 g/mol. The van der Waals surface area contributed by atoms with Crippen LogP contribution < -0.4 is 21.7 Å². The molecule has 0 aliphatic rings. The molecule has 0 aliphatic heterocycles. The lowest BCUT2D eigenvalue weighted by atomic mass is 10.0. The maximum Gasteiger partial charge on any atom is 0.327 e. The quantitative estimate of drug-likeness (QED) is 0.243. The number of carbonyl (C=O) groups excluding carboxylic acids is 3. The van der Waals surface area contributed by atoms with Crippen LogP contribution in [0.4, 0.5) is 0 Å². The molecule has 1 heterocycles. The van der Waals surface area contributed by atoms with Gasteiger partial charge in [-0.05, 0) is 25.5 Å². The molecule has 7 N–H and O–H groups in total. The van der Waals surface area contributed by atoms with Gasteiger partial charge in [0.1, 0.15) is 18.1 Å². The first-order chi connectivity index (χ1) is 14.6. The van der Waals surface area contributed by atoms with Gasteiger partial charge >= 0.3 is 5.97 Å². The zero-order chi connectivity index (χ0) is 23.1. The molecule has 4 atom stereocenters. The molecule has 0 radical (unpaired) electrons. The minimum absolute atomic E-state index is 0.102. The van der Waals surface area contributed by atoms with E-state index in [0.717, 1.165) is 16.5 Å². The summed E-state index contributed by atoms with van der Waals surface area (Å²) in [6.07, 6.45) is 1.92. The number of nitrogens with one attached hydrogen (secondary N) is 4. The van der Waals surface area contributed by atoms with E-state index in [4.69, 9.17) is 10.8 Å². The van der Waals surface area contributed by atoms with Gasteiger partial charge in [0.25, 0.3) is 0 Å². The van der Waals surface area contributed by atoms with Crippen molar-refractivity contribution in [3.63, 3.8) is 0 Å².